The van der Waals surface area contributed by atoms with Gasteiger partial charge in [-0.3, -0.25) is 4.79 Å². The maximum Gasteiger partial charge on any atom is 0.319 e. The zero-order valence-corrected chi connectivity index (χ0v) is 14.4. The maximum atomic E-state index is 11.2. The average Bonchev–Trinajstić information content (AvgIpc) is 3.17. The summed E-state index contributed by atoms with van der Waals surface area (Å²) in [6.45, 7) is -0.518. The first-order chi connectivity index (χ1) is 12.9. The van der Waals surface area contributed by atoms with Gasteiger partial charge in [-0.25, -0.2) is 15.0 Å². The Labute approximate surface area is 153 Å². The number of ether oxygens (including phenoxy) is 2. The Balaban J connectivity index is 1.69. The van der Waals surface area contributed by atoms with Crippen LogP contribution in [-0.2, 0) is 14.3 Å². The van der Waals surface area contributed by atoms with E-state index in [9.17, 15) is 15.0 Å². The number of aliphatic hydroxyl groups excluding tert-OH is 2. The number of rotatable bonds is 4. The molecule has 0 amide bonds. The highest BCUT2D eigenvalue weighted by Crippen LogP contribution is 2.37. The molecule has 6 N–H and O–H groups in total. The van der Waals surface area contributed by atoms with Crippen molar-refractivity contribution in [2.45, 2.75) is 24.5 Å². The van der Waals surface area contributed by atoms with Crippen molar-refractivity contribution in [1.29, 1.82) is 0 Å². The van der Waals surface area contributed by atoms with E-state index < -0.39 is 30.5 Å². The molecule has 4 rings (SSSR count). The van der Waals surface area contributed by atoms with Gasteiger partial charge >= 0.3 is 5.97 Å². The van der Waals surface area contributed by atoms with Gasteiger partial charge in [-0.1, -0.05) is 0 Å². The fourth-order valence-corrected chi connectivity index (χ4v) is 3.30. The van der Waals surface area contributed by atoms with Crippen molar-refractivity contribution in [2.24, 2.45) is 16.6 Å². The van der Waals surface area contributed by atoms with Crippen LogP contribution in [0.3, 0.4) is 0 Å². The summed E-state index contributed by atoms with van der Waals surface area (Å²) in [6, 6.07) is 0. The van der Waals surface area contributed by atoms with Crippen molar-refractivity contribution in [1.82, 2.24) is 14.5 Å². The van der Waals surface area contributed by atoms with Gasteiger partial charge in [-0.2, -0.15) is 5.10 Å². The van der Waals surface area contributed by atoms with E-state index in [1.165, 1.54) is 11.3 Å². The molecule has 0 aromatic carbocycles. The number of esters is 1. The molecule has 0 bridgehead atoms. The molecule has 2 aliphatic rings. The number of nitrogens with two attached hydrogens (primary N) is 2. The minimum atomic E-state index is -1.27. The highest BCUT2D eigenvalue weighted by atomic mass is 16.6. The molecule has 1 fully saturated rings. The van der Waals surface area contributed by atoms with E-state index in [1.54, 1.807) is 17.8 Å². The highest BCUT2D eigenvalue weighted by Gasteiger charge is 2.45. The number of aromatic nitrogens is 3. The topological polar surface area (TPSA) is 174 Å². The molecule has 0 unspecified atom stereocenters. The summed E-state index contributed by atoms with van der Waals surface area (Å²) in [5.74, 6) is 0.196. The van der Waals surface area contributed by atoms with Crippen LogP contribution in [-0.4, -0.2) is 75.1 Å². The monoisotopic (exact) mass is 377 g/mol. The van der Waals surface area contributed by atoms with Crippen molar-refractivity contribution >= 4 is 28.7 Å². The Morgan fingerprint density at radius 3 is 2.89 bits per heavy atom. The van der Waals surface area contributed by atoms with Crippen molar-refractivity contribution in [3.8, 4) is 0 Å². The number of hydrogen-bond acceptors (Lipinski definition) is 11. The minimum Gasteiger partial charge on any atom is -0.462 e. The smallest absolute Gasteiger partial charge is 0.319 e. The third-order valence-corrected chi connectivity index (χ3v) is 4.62. The van der Waals surface area contributed by atoms with E-state index in [0.29, 0.717) is 22.4 Å². The molecule has 144 valence electrons. The SMILES string of the molecule is CN1N=C(N)c2cn([C@@H]3O[C@H](COC(=O)CN)[C@@H](O)[C@H]3O)c3ncnc1c23. The van der Waals surface area contributed by atoms with Gasteiger partial charge < -0.3 is 35.7 Å². The zero-order valence-electron chi connectivity index (χ0n) is 14.4. The minimum absolute atomic E-state index is 0.233. The molecule has 0 aliphatic carbocycles. The largest absolute Gasteiger partial charge is 0.462 e. The van der Waals surface area contributed by atoms with Gasteiger partial charge in [0.2, 0.25) is 0 Å². The van der Waals surface area contributed by atoms with E-state index in [1.807, 2.05) is 0 Å². The quantitative estimate of drug-likeness (QED) is 0.421. The van der Waals surface area contributed by atoms with Crippen LogP contribution >= 0.6 is 0 Å². The molecule has 4 heterocycles. The highest BCUT2D eigenvalue weighted by molar-refractivity contribution is 6.13. The van der Waals surface area contributed by atoms with Gasteiger partial charge in [0.1, 0.15) is 36.9 Å². The molecule has 0 spiro atoms. The first kappa shape index (κ1) is 17.6. The lowest BCUT2D eigenvalue weighted by atomic mass is 10.1. The van der Waals surface area contributed by atoms with Gasteiger partial charge in [-0.15, -0.1) is 0 Å². The van der Waals surface area contributed by atoms with Crippen molar-refractivity contribution in [3.05, 3.63) is 18.1 Å². The molecule has 2 aromatic rings. The lowest BCUT2D eigenvalue weighted by Gasteiger charge is -2.19. The summed E-state index contributed by atoms with van der Waals surface area (Å²) < 4.78 is 12.2. The predicted molar refractivity (Wildman–Crippen MR) is 92.6 cm³/mol. The lowest BCUT2D eigenvalue weighted by molar-refractivity contribution is -0.148. The van der Waals surface area contributed by atoms with Crippen molar-refractivity contribution in [3.63, 3.8) is 0 Å². The summed E-state index contributed by atoms with van der Waals surface area (Å²) in [6.07, 6.45) is -1.40. The van der Waals surface area contributed by atoms with E-state index >= 15 is 0 Å². The predicted octanol–water partition coefficient (Wildman–Crippen LogP) is -2.38. The second-order valence-electron chi connectivity index (χ2n) is 6.29. The number of anilines is 1. The third kappa shape index (κ3) is 2.70. The van der Waals surface area contributed by atoms with Crippen molar-refractivity contribution < 1.29 is 24.5 Å². The molecule has 2 aromatic heterocycles. The Hall–Kier alpha value is -2.80. The summed E-state index contributed by atoms with van der Waals surface area (Å²) >= 11 is 0. The Kier molecular flexibility index (Phi) is 4.19. The molecule has 2 aliphatic heterocycles. The first-order valence-corrected chi connectivity index (χ1v) is 8.23. The summed E-state index contributed by atoms with van der Waals surface area (Å²) in [7, 11) is 1.71. The van der Waals surface area contributed by atoms with Crippen LogP contribution in [0.25, 0.3) is 11.0 Å². The molecule has 12 heteroatoms. The van der Waals surface area contributed by atoms with Gasteiger partial charge in [0.15, 0.2) is 17.9 Å². The second kappa shape index (κ2) is 6.42. The van der Waals surface area contributed by atoms with E-state index in [4.69, 9.17) is 20.9 Å². The van der Waals surface area contributed by atoms with Crippen LogP contribution in [0.4, 0.5) is 5.82 Å². The van der Waals surface area contributed by atoms with Crippen LogP contribution in [0.5, 0.6) is 0 Å². The van der Waals surface area contributed by atoms with Crippen LogP contribution in [0, 0.1) is 0 Å². The second-order valence-corrected chi connectivity index (χ2v) is 6.29. The number of nitrogens with zero attached hydrogens (tertiary/aromatic N) is 5. The normalized spacial score (nSPS) is 27.1. The molecule has 1 saturated heterocycles. The summed E-state index contributed by atoms with van der Waals surface area (Å²) in [4.78, 5) is 19.7. The van der Waals surface area contributed by atoms with Crippen LogP contribution in [0.1, 0.15) is 11.8 Å². The Bertz CT molecular complexity index is 929. The fourth-order valence-electron chi connectivity index (χ4n) is 3.30. The van der Waals surface area contributed by atoms with Gasteiger partial charge in [0.05, 0.1) is 11.9 Å². The summed E-state index contributed by atoms with van der Waals surface area (Å²) in [5.41, 5.74) is 12.3. The maximum absolute atomic E-state index is 11.2. The Morgan fingerprint density at radius 2 is 2.15 bits per heavy atom. The Morgan fingerprint density at radius 1 is 1.37 bits per heavy atom. The molecule has 0 saturated carbocycles. The van der Waals surface area contributed by atoms with E-state index in [-0.39, 0.29) is 19.0 Å². The summed E-state index contributed by atoms with van der Waals surface area (Å²) in [5, 5.41) is 27.1. The number of carbonyl (C=O) groups is 1. The number of hydrazone groups is 1. The van der Waals surface area contributed by atoms with E-state index in [0.717, 1.165) is 0 Å². The van der Waals surface area contributed by atoms with Gasteiger partial charge in [0, 0.05) is 18.8 Å². The number of amidine groups is 1. The first-order valence-electron chi connectivity index (χ1n) is 8.23. The lowest BCUT2D eigenvalue weighted by Crippen LogP contribution is -2.35. The van der Waals surface area contributed by atoms with E-state index in [2.05, 4.69) is 15.1 Å². The molecule has 4 atom stereocenters. The number of hydrogen-bond donors (Lipinski definition) is 4. The van der Waals surface area contributed by atoms with Crippen molar-refractivity contribution in [2.75, 3.05) is 25.2 Å². The molecular formula is C15H19N7O5. The molecular weight excluding hydrogens is 358 g/mol. The third-order valence-electron chi connectivity index (χ3n) is 4.62. The number of aliphatic hydroxyl groups is 2. The number of carbonyl (C=O) groups excluding carboxylic acids is 1. The van der Waals surface area contributed by atoms with Crippen LogP contribution in [0.15, 0.2) is 17.6 Å². The van der Waals surface area contributed by atoms with Crippen LogP contribution < -0.4 is 16.5 Å². The zero-order chi connectivity index (χ0) is 19.3. The van der Waals surface area contributed by atoms with Gasteiger partial charge in [-0.05, 0) is 0 Å². The van der Waals surface area contributed by atoms with Crippen LogP contribution in [0.2, 0.25) is 0 Å². The molecule has 27 heavy (non-hydrogen) atoms. The fraction of sp³-hybridized carbons (Fsp3) is 0.467. The van der Waals surface area contributed by atoms with Gasteiger partial charge in [0.25, 0.3) is 0 Å². The average molecular weight is 377 g/mol. The molecule has 12 nitrogen and oxygen atoms in total. The standard InChI is InChI=1S/C15H19N7O5/c1-21-13-9-6(12(17)20-21)3-22(14(9)19-5-18-13)15-11(25)10(24)7(27-15)4-26-8(23)2-16/h3,5,7,10-11,15,24-25H,2,4,16H2,1H3,(H2,17,20)/t7-,10-,11-,15-/m1/s1. The molecule has 0 radical (unpaired) electrons.